The lowest BCUT2D eigenvalue weighted by molar-refractivity contribution is -0.125. The van der Waals surface area contributed by atoms with Crippen molar-refractivity contribution in [2.45, 2.75) is 77.4 Å². The standard InChI is InChI=1S/C30H37FN2O3/c1-4-30(35)16-13-26-24-10-7-21-17-23(11-14-28(21,2)25(24)12-15-29(26,30)3)33-36-19-27(34)32-18-20-5-8-22(31)9-6-20/h1,5-6,8-9,17,24-26,35H,7,10-16,18-19H2,2-3H3,(H,32,34)/t24-,25?,26?,28+,29+,30-/m1/s1. The lowest BCUT2D eigenvalue weighted by Gasteiger charge is -2.58. The van der Waals surface area contributed by atoms with Crippen LogP contribution >= 0.6 is 0 Å². The van der Waals surface area contributed by atoms with Crippen LogP contribution in [0, 0.1) is 46.7 Å². The number of carbonyl (C=O) groups excluding carboxylic acids is 1. The minimum atomic E-state index is -0.964. The van der Waals surface area contributed by atoms with E-state index in [2.05, 4.69) is 36.3 Å². The summed E-state index contributed by atoms with van der Waals surface area (Å²) in [5.74, 6) is 3.91. The third-order valence-corrected chi connectivity index (χ3v) is 10.1. The molecule has 4 aliphatic rings. The minimum absolute atomic E-state index is 0.145. The number of benzene rings is 1. The van der Waals surface area contributed by atoms with E-state index in [1.807, 2.05) is 0 Å². The molecular formula is C30H37FN2O3. The number of halogens is 1. The summed E-state index contributed by atoms with van der Waals surface area (Å²) in [6.07, 6.45) is 15.9. The molecule has 5 nitrogen and oxygen atoms in total. The molecule has 0 aliphatic heterocycles. The van der Waals surface area contributed by atoms with E-state index in [4.69, 9.17) is 11.3 Å². The number of hydrogen-bond donors (Lipinski definition) is 2. The summed E-state index contributed by atoms with van der Waals surface area (Å²) in [5, 5.41) is 18.2. The van der Waals surface area contributed by atoms with Crippen LogP contribution in [-0.2, 0) is 16.2 Å². The molecule has 5 rings (SSSR count). The van der Waals surface area contributed by atoms with Crippen LogP contribution in [0.4, 0.5) is 4.39 Å². The topological polar surface area (TPSA) is 70.9 Å². The van der Waals surface area contributed by atoms with Gasteiger partial charge >= 0.3 is 0 Å². The van der Waals surface area contributed by atoms with Gasteiger partial charge in [0.2, 0.25) is 0 Å². The van der Waals surface area contributed by atoms with Gasteiger partial charge < -0.3 is 15.3 Å². The highest BCUT2D eigenvalue weighted by molar-refractivity contribution is 5.96. The van der Waals surface area contributed by atoms with E-state index < -0.39 is 5.60 Å². The fraction of sp³-hybridized carbons (Fsp3) is 0.600. The number of oxime groups is 1. The average Bonchev–Trinajstić information content (AvgIpc) is 3.15. The molecular weight excluding hydrogens is 455 g/mol. The Morgan fingerprint density at radius 1 is 1.17 bits per heavy atom. The van der Waals surface area contributed by atoms with Crippen LogP contribution in [0.25, 0.3) is 0 Å². The van der Waals surface area contributed by atoms with Gasteiger partial charge in [-0.2, -0.15) is 0 Å². The van der Waals surface area contributed by atoms with E-state index in [9.17, 15) is 14.3 Å². The molecule has 2 unspecified atom stereocenters. The predicted molar refractivity (Wildman–Crippen MR) is 137 cm³/mol. The van der Waals surface area contributed by atoms with Crippen molar-refractivity contribution in [3.8, 4) is 12.3 Å². The summed E-state index contributed by atoms with van der Waals surface area (Å²) in [6.45, 7) is 4.82. The molecule has 6 atom stereocenters. The zero-order chi connectivity index (χ0) is 25.6. The maximum Gasteiger partial charge on any atom is 0.261 e. The SMILES string of the molecule is C#C[C@@]1(O)CCC2[C@@H]3CCC4=CC(=NOCC(=O)NCc5ccc(F)cc5)CC[C@]4(C)C3CC[C@@]21C. The van der Waals surface area contributed by atoms with E-state index in [1.54, 1.807) is 12.1 Å². The van der Waals surface area contributed by atoms with Crippen LogP contribution in [-0.4, -0.2) is 28.9 Å². The van der Waals surface area contributed by atoms with Crippen molar-refractivity contribution in [3.63, 3.8) is 0 Å². The predicted octanol–water partition coefficient (Wildman–Crippen LogP) is 5.14. The van der Waals surface area contributed by atoms with Crippen LogP contribution in [0.1, 0.15) is 70.8 Å². The second-order valence-electron chi connectivity index (χ2n) is 11.8. The largest absolute Gasteiger partial charge is 0.385 e. The highest BCUT2D eigenvalue weighted by Crippen LogP contribution is 2.67. The number of carbonyl (C=O) groups is 1. The second-order valence-corrected chi connectivity index (χ2v) is 11.8. The van der Waals surface area contributed by atoms with Gasteiger partial charge in [0.1, 0.15) is 11.4 Å². The van der Waals surface area contributed by atoms with Crippen molar-refractivity contribution in [2.75, 3.05) is 6.61 Å². The molecule has 1 amide bonds. The molecule has 1 aromatic carbocycles. The van der Waals surface area contributed by atoms with Gasteiger partial charge in [0.25, 0.3) is 5.91 Å². The Labute approximate surface area is 213 Å². The highest BCUT2D eigenvalue weighted by Gasteiger charge is 2.63. The van der Waals surface area contributed by atoms with Crippen molar-refractivity contribution in [1.29, 1.82) is 0 Å². The zero-order valence-electron chi connectivity index (χ0n) is 21.4. The maximum absolute atomic E-state index is 13.0. The van der Waals surface area contributed by atoms with Crippen LogP contribution < -0.4 is 5.32 Å². The van der Waals surface area contributed by atoms with Gasteiger partial charge in [-0.3, -0.25) is 4.79 Å². The Bertz CT molecular complexity index is 1120. The molecule has 0 bridgehead atoms. The quantitative estimate of drug-likeness (QED) is 0.442. The molecule has 0 aromatic heterocycles. The molecule has 36 heavy (non-hydrogen) atoms. The van der Waals surface area contributed by atoms with E-state index >= 15 is 0 Å². The third-order valence-electron chi connectivity index (χ3n) is 10.1. The fourth-order valence-corrected chi connectivity index (χ4v) is 7.92. The maximum atomic E-state index is 13.0. The van der Waals surface area contributed by atoms with Gasteiger partial charge in [-0.25, -0.2) is 4.39 Å². The first-order valence-electron chi connectivity index (χ1n) is 13.3. The third kappa shape index (κ3) is 4.16. The van der Waals surface area contributed by atoms with Crippen molar-refractivity contribution in [2.24, 2.45) is 33.7 Å². The number of nitrogens with one attached hydrogen (secondary N) is 1. The molecule has 0 spiro atoms. The van der Waals surface area contributed by atoms with Crippen LogP contribution in [0.2, 0.25) is 0 Å². The first-order valence-corrected chi connectivity index (χ1v) is 13.3. The molecule has 192 valence electrons. The summed E-state index contributed by atoms with van der Waals surface area (Å²) < 4.78 is 13.0. The number of allylic oxidation sites excluding steroid dienone is 2. The number of terminal acetylenes is 1. The van der Waals surface area contributed by atoms with Crippen molar-refractivity contribution >= 4 is 11.6 Å². The summed E-state index contributed by atoms with van der Waals surface area (Å²) in [5.41, 5.74) is 2.18. The summed E-state index contributed by atoms with van der Waals surface area (Å²) in [7, 11) is 0. The number of aliphatic hydroxyl groups is 1. The normalized spacial score (nSPS) is 38.2. The molecule has 2 N–H and O–H groups in total. The van der Waals surface area contributed by atoms with Crippen molar-refractivity contribution in [1.82, 2.24) is 5.32 Å². The van der Waals surface area contributed by atoms with E-state index in [-0.39, 0.29) is 29.2 Å². The smallest absolute Gasteiger partial charge is 0.261 e. The Kier molecular flexibility index (Phi) is 6.49. The van der Waals surface area contributed by atoms with Gasteiger partial charge in [-0.15, -0.1) is 6.42 Å². The first-order chi connectivity index (χ1) is 17.2. The summed E-state index contributed by atoms with van der Waals surface area (Å²) >= 11 is 0. The Morgan fingerprint density at radius 2 is 1.92 bits per heavy atom. The summed E-state index contributed by atoms with van der Waals surface area (Å²) in [6, 6.07) is 6.04. The van der Waals surface area contributed by atoms with Gasteiger partial charge in [0, 0.05) is 12.0 Å². The molecule has 0 heterocycles. The Hall–Kier alpha value is -2.65. The zero-order valence-corrected chi connectivity index (χ0v) is 21.4. The number of hydrogen-bond acceptors (Lipinski definition) is 4. The van der Waals surface area contributed by atoms with Crippen molar-refractivity contribution < 1.29 is 19.1 Å². The van der Waals surface area contributed by atoms with Crippen LogP contribution in [0.3, 0.4) is 0 Å². The molecule has 0 radical (unpaired) electrons. The molecule has 3 fully saturated rings. The molecule has 0 saturated heterocycles. The van der Waals surface area contributed by atoms with E-state index in [1.165, 1.54) is 17.7 Å². The number of nitrogens with zero attached hydrogens (tertiary/aromatic N) is 1. The molecule has 3 saturated carbocycles. The van der Waals surface area contributed by atoms with E-state index in [0.717, 1.165) is 62.6 Å². The first kappa shape index (κ1) is 25.0. The van der Waals surface area contributed by atoms with Gasteiger partial charge in [-0.05, 0) is 98.3 Å². The molecule has 1 aromatic rings. The van der Waals surface area contributed by atoms with E-state index in [0.29, 0.717) is 24.3 Å². The second kappa shape index (κ2) is 9.34. The molecule has 6 heteroatoms. The molecule has 4 aliphatic carbocycles. The Morgan fingerprint density at radius 3 is 2.67 bits per heavy atom. The minimum Gasteiger partial charge on any atom is -0.385 e. The lowest BCUT2D eigenvalue weighted by atomic mass is 9.46. The van der Waals surface area contributed by atoms with Gasteiger partial charge in [0.05, 0.1) is 5.71 Å². The van der Waals surface area contributed by atoms with Crippen LogP contribution in [0.5, 0.6) is 0 Å². The Balaban J connectivity index is 1.19. The lowest BCUT2D eigenvalue weighted by Crippen LogP contribution is -2.54. The highest BCUT2D eigenvalue weighted by atomic mass is 19.1. The summed E-state index contributed by atoms with van der Waals surface area (Å²) in [4.78, 5) is 17.5. The van der Waals surface area contributed by atoms with Crippen molar-refractivity contribution in [3.05, 3.63) is 47.3 Å². The monoisotopic (exact) mass is 492 g/mol. The van der Waals surface area contributed by atoms with Gasteiger partial charge in [-0.1, -0.05) is 42.6 Å². The number of rotatable bonds is 5. The fourth-order valence-electron chi connectivity index (χ4n) is 7.92. The van der Waals surface area contributed by atoms with Gasteiger partial charge in [0.15, 0.2) is 6.61 Å². The number of fused-ring (bicyclic) bond motifs is 5. The average molecular weight is 493 g/mol. The van der Waals surface area contributed by atoms with Crippen LogP contribution in [0.15, 0.2) is 41.1 Å². The number of amides is 1.